The molecule has 1 aromatic carbocycles. The van der Waals surface area contributed by atoms with Crippen LogP contribution in [0.3, 0.4) is 0 Å². The number of carbonyl (C=O) groups is 2. The lowest BCUT2D eigenvalue weighted by Crippen LogP contribution is -2.05. The van der Waals surface area contributed by atoms with Crippen molar-refractivity contribution in [1.29, 1.82) is 0 Å². The van der Waals surface area contributed by atoms with Crippen LogP contribution in [0.25, 0.3) is 10.9 Å². The predicted octanol–water partition coefficient (Wildman–Crippen LogP) is 4.47. The van der Waals surface area contributed by atoms with Gasteiger partial charge < -0.3 is 9.67 Å². The van der Waals surface area contributed by atoms with Crippen LogP contribution in [0.5, 0.6) is 0 Å². The summed E-state index contributed by atoms with van der Waals surface area (Å²) in [6, 6.07) is 3.70. The van der Waals surface area contributed by atoms with E-state index < -0.39 is 5.97 Å². The molecule has 0 aliphatic carbocycles. The molecule has 1 heterocycles. The van der Waals surface area contributed by atoms with Crippen molar-refractivity contribution in [3.63, 3.8) is 0 Å². The number of carbonyl (C=O) groups excluding carboxylic acids is 1. The number of carboxylic acids is 1. The summed E-state index contributed by atoms with van der Waals surface area (Å²) in [4.78, 5) is 23.6. The van der Waals surface area contributed by atoms with Gasteiger partial charge in [-0.1, -0.05) is 27.2 Å². The zero-order chi connectivity index (χ0) is 16.4. The second-order valence-corrected chi connectivity index (χ2v) is 6.07. The number of hydrogen-bond acceptors (Lipinski definition) is 2. The Labute approximate surface area is 130 Å². The largest absolute Gasteiger partial charge is 0.478 e. The van der Waals surface area contributed by atoms with Gasteiger partial charge in [0.05, 0.1) is 11.1 Å². The summed E-state index contributed by atoms with van der Waals surface area (Å²) in [5, 5.41) is 10.3. The molecule has 1 N–H and O–H groups in total. The van der Waals surface area contributed by atoms with E-state index in [1.54, 1.807) is 12.3 Å². The molecule has 0 saturated carbocycles. The molecule has 0 amide bonds. The van der Waals surface area contributed by atoms with Gasteiger partial charge in [0.25, 0.3) is 0 Å². The summed E-state index contributed by atoms with van der Waals surface area (Å²) in [6.07, 6.45) is 3.77. The third-order valence-corrected chi connectivity index (χ3v) is 4.02. The molecule has 0 saturated heterocycles. The SMILES string of the molecule is CCCCn1cc(C(C)=O)c2cc(C(C)C)cc(C(=O)O)c21. The fraction of sp³-hybridized carbons (Fsp3) is 0.444. The number of aromatic nitrogens is 1. The second-order valence-electron chi connectivity index (χ2n) is 6.07. The quantitative estimate of drug-likeness (QED) is 0.801. The number of hydrogen-bond donors (Lipinski definition) is 1. The number of carboxylic acid groups (broad SMARTS) is 1. The average molecular weight is 301 g/mol. The molecular weight excluding hydrogens is 278 g/mol. The Morgan fingerprint density at radius 1 is 1.23 bits per heavy atom. The van der Waals surface area contributed by atoms with E-state index in [0.29, 0.717) is 11.1 Å². The van der Waals surface area contributed by atoms with Crippen LogP contribution in [0.2, 0.25) is 0 Å². The smallest absolute Gasteiger partial charge is 0.337 e. The van der Waals surface area contributed by atoms with E-state index in [1.807, 2.05) is 24.5 Å². The second kappa shape index (κ2) is 6.34. The van der Waals surface area contributed by atoms with E-state index in [-0.39, 0.29) is 17.3 Å². The summed E-state index contributed by atoms with van der Waals surface area (Å²) in [7, 11) is 0. The van der Waals surface area contributed by atoms with E-state index in [9.17, 15) is 14.7 Å². The van der Waals surface area contributed by atoms with Crippen molar-refractivity contribution in [1.82, 2.24) is 4.57 Å². The van der Waals surface area contributed by atoms with Gasteiger partial charge in [0.2, 0.25) is 0 Å². The van der Waals surface area contributed by atoms with Crippen LogP contribution >= 0.6 is 0 Å². The van der Waals surface area contributed by atoms with E-state index in [1.165, 1.54) is 6.92 Å². The molecule has 0 aliphatic heterocycles. The van der Waals surface area contributed by atoms with Crippen LogP contribution in [0.1, 0.15) is 72.7 Å². The Morgan fingerprint density at radius 2 is 1.91 bits per heavy atom. The number of Topliss-reactive ketones (excluding diaryl/α,β-unsaturated/α-hetero) is 1. The maximum Gasteiger partial charge on any atom is 0.337 e. The summed E-state index contributed by atoms with van der Waals surface area (Å²) in [6.45, 7) is 8.39. The first-order valence-electron chi connectivity index (χ1n) is 7.77. The number of ketones is 1. The standard InChI is InChI=1S/C18H23NO3/c1-5-6-7-19-10-16(12(4)20)14-8-13(11(2)3)9-15(17(14)19)18(21)22/h8-11H,5-7H2,1-4H3,(H,21,22). The minimum Gasteiger partial charge on any atom is -0.478 e. The first kappa shape index (κ1) is 16.3. The van der Waals surface area contributed by atoms with Crippen LogP contribution in [0.15, 0.2) is 18.3 Å². The lowest BCUT2D eigenvalue weighted by molar-refractivity contribution is 0.0698. The molecule has 1 aromatic heterocycles. The Hall–Kier alpha value is -2.10. The number of fused-ring (bicyclic) bond motifs is 1. The van der Waals surface area contributed by atoms with Gasteiger partial charge in [-0.25, -0.2) is 4.79 Å². The molecule has 0 unspecified atom stereocenters. The molecule has 4 nitrogen and oxygen atoms in total. The summed E-state index contributed by atoms with van der Waals surface area (Å²) >= 11 is 0. The molecule has 0 bridgehead atoms. The van der Waals surface area contributed by atoms with Crippen molar-refractivity contribution in [3.8, 4) is 0 Å². The molecule has 0 aliphatic rings. The first-order chi connectivity index (χ1) is 10.4. The number of nitrogens with zero attached hydrogens (tertiary/aromatic N) is 1. The van der Waals surface area contributed by atoms with Gasteiger partial charge in [0.1, 0.15) is 0 Å². The fourth-order valence-electron chi connectivity index (χ4n) is 2.74. The zero-order valence-electron chi connectivity index (χ0n) is 13.6. The monoisotopic (exact) mass is 301 g/mol. The summed E-state index contributed by atoms with van der Waals surface area (Å²) < 4.78 is 1.92. The highest BCUT2D eigenvalue weighted by Crippen LogP contribution is 2.30. The topological polar surface area (TPSA) is 59.3 Å². The van der Waals surface area contributed by atoms with Gasteiger partial charge in [-0.3, -0.25) is 4.79 Å². The molecule has 2 rings (SSSR count). The van der Waals surface area contributed by atoms with E-state index in [4.69, 9.17) is 0 Å². The van der Waals surface area contributed by atoms with Crippen LogP contribution in [0, 0.1) is 0 Å². The van der Waals surface area contributed by atoms with Gasteiger partial charge in [0.15, 0.2) is 5.78 Å². The summed E-state index contributed by atoms with van der Waals surface area (Å²) in [5.41, 5.74) is 2.50. The molecule has 2 aromatic rings. The molecule has 0 spiro atoms. The molecule has 118 valence electrons. The van der Waals surface area contributed by atoms with E-state index in [2.05, 4.69) is 6.92 Å². The first-order valence-corrected chi connectivity index (χ1v) is 7.77. The van der Waals surface area contributed by atoms with Gasteiger partial charge in [0, 0.05) is 23.7 Å². The predicted molar refractivity (Wildman–Crippen MR) is 87.9 cm³/mol. The number of unbranched alkanes of at least 4 members (excludes halogenated alkanes) is 1. The summed E-state index contributed by atoms with van der Waals surface area (Å²) in [5.74, 6) is -0.766. The number of aromatic carboxylic acids is 1. The van der Waals surface area contributed by atoms with Crippen molar-refractivity contribution in [2.75, 3.05) is 0 Å². The van der Waals surface area contributed by atoms with Crippen molar-refractivity contribution in [2.24, 2.45) is 0 Å². The van der Waals surface area contributed by atoms with Gasteiger partial charge >= 0.3 is 5.97 Å². The lowest BCUT2D eigenvalue weighted by Gasteiger charge is -2.11. The minimum atomic E-state index is -0.946. The van der Waals surface area contributed by atoms with E-state index >= 15 is 0 Å². The maximum absolute atomic E-state index is 11.9. The molecule has 0 atom stereocenters. The average Bonchev–Trinajstić information content (AvgIpc) is 2.82. The highest BCUT2D eigenvalue weighted by atomic mass is 16.4. The number of rotatable bonds is 6. The molecule has 0 fully saturated rings. The van der Waals surface area contributed by atoms with Crippen LogP contribution in [-0.2, 0) is 6.54 Å². The molecule has 0 radical (unpaired) electrons. The lowest BCUT2D eigenvalue weighted by atomic mass is 9.96. The third kappa shape index (κ3) is 2.91. The van der Waals surface area contributed by atoms with E-state index in [0.717, 1.165) is 30.3 Å². The minimum absolute atomic E-state index is 0.0301. The van der Waals surface area contributed by atoms with Crippen molar-refractivity contribution in [2.45, 2.75) is 53.0 Å². The number of benzene rings is 1. The normalized spacial score (nSPS) is 11.3. The molecular formula is C18H23NO3. The zero-order valence-corrected chi connectivity index (χ0v) is 13.6. The van der Waals surface area contributed by atoms with Gasteiger partial charge in [-0.2, -0.15) is 0 Å². The highest BCUT2D eigenvalue weighted by molar-refractivity contribution is 6.12. The Kier molecular flexibility index (Phi) is 4.69. The Morgan fingerprint density at radius 3 is 2.41 bits per heavy atom. The molecule has 4 heteroatoms. The van der Waals surface area contributed by atoms with Crippen LogP contribution in [-0.4, -0.2) is 21.4 Å². The van der Waals surface area contributed by atoms with Crippen molar-refractivity contribution < 1.29 is 14.7 Å². The maximum atomic E-state index is 11.9. The van der Waals surface area contributed by atoms with Gasteiger partial charge in [-0.05, 0) is 37.0 Å². The number of aryl methyl sites for hydroxylation is 1. The Balaban J connectivity index is 2.82. The van der Waals surface area contributed by atoms with Crippen molar-refractivity contribution >= 4 is 22.7 Å². The fourth-order valence-corrected chi connectivity index (χ4v) is 2.74. The van der Waals surface area contributed by atoms with Crippen molar-refractivity contribution in [3.05, 3.63) is 35.0 Å². The van der Waals surface area contributed by atoms with Gasteiger partial charge in [-0.15, -0.1) is 0 Å². The highest BCUT2D eigenvalue weighted by Gasteiger charge is 2.20. The third-order valence-electron chi connectivity index (χ3n) is 4.02. The van der Waals surface area contributed by atoms with Crippen LogP contribution < -0.4 is 0 Å². The Bertz CT molecular complexity index is 725. The van der Waals surface area contributed by atoms with Crippen LogP contribution in [0.4, 0.5) is 0 Å². The molecule has 22 heavy (non-hydrogen) atoms.